The summed E-state index contributed by atoms with van der Waals surface area (Å²) in [5.74, 6) is 0. The molecule has 0 aliphatic carbocycles. The smallest absolute Gasteiger partial charge is 0.276 e. The molecule has 0 saturated heterocycles. The van der Waals surface area contributed by atoms with E-state index in [0.717, 1.165) is 6.07 Å². The van der Waals surface area contributed by atoms with Crippen molar-refractivity contribution >= 4 is 16.8 Å². The maximum absolute atomic E-state index is 12.5. The molecule has 0 unspecified atom stereocenters. The summed E-state index contributed by atoms with van der Waals surface area (Å²) in [6, 6.07) is 3.39. The van der Waals surface area contributed by atoms with E-state index in [4.69, 9.17) is 16.9 Å². The lowest BCUT2D eigenvalue weighted by Crippen LogP contribution is -2.13. The maximum Gasteiger partial charge on any atom is 0.417 e. The fraction of sp³-hybridized carbons (Fsp3) is 0.200. The van der Waals surface area contributed by atoms with Crippen LogP contribution >= 0.6 is 11.6 Å². The van der Waals surface area contributed by atoms with E-state index in [-0.39, 0.29) is 11.1 Å². The Morgan fingerprint density at radius 1 is 1.44 bits per heavy atom. The van der Waals surface area contributed by atoms with Gasteiger partial charge in [0.15, 0.2) is 0 Å². The first kappa shape index (κ1) is 12.5. The molecule has 0 radical (unpaired) electrons. The van der Waals surface area contributed by atoms with Crippen molar-refractivity contribution in [3.8, 4) is 6.07 Å². The molecule has 1 aromatic carbocycles. The van der Waals surface area contributed by atoms with Gasteiger partial charge in [-0.1, -0.05) is 0 Å². The van der Waals surface area contributed by atoms with E-state index in [9.17, 15) is 18.0 Å². The van der Waals surface area contributed by atoms with Crippen molar-refractivity contribution in [3.63, 3.8) is 0 Å². The molecule has 84 valence electrons. The van der Waals surface area contributed by atoms with Gasteiger partial charge < -0.3 is 0 Å². The number of alkyl halides is 3. The summed E-state index contributed by atoms with van der Waals surface area (Å²) in [6.45, 7) is 1.25. The second-order valence-corrected chi connectivity index (χ2v) is 3.39. The molecule has 0 fully saturated rings. The summed E-state index contributed by atoms with van der Waals surface area (Å²) in [6.07, 6.45) is -4.67. The topological polar surface area (TPSA) is 40.9 Å². The molecule has 0 aliphatic heterocycles. The van der Waals surface area contributed by atoms with Crippen molar-refractivity contribution in [3.05, 3.63) is 34.4 Å². The average Bonchev–Trinajstić information content (AvgIpc) is 2.15. The quantitative estimate of drug-likeness (QED) is 0.715. The molecule has 16 heavy (non-hydrogen) atoms. The van der Waals surface area contributed by atoms with Crippen LogP contribution in [-0.2, 0) is 6.18 Å². The zero-order chi connectivity index (χ0) is 12.5. The monoisotopic (exact) mass is 247 g/mol. The van der Waals surface area contributed by atoms with Crippen LogP contribution in [0.4, 0.5) is 13.2 Å². The molecule has 0 N–H and O–H groups in total. The molecule has 0 atom stereocenters. The molecule has 0 bridgehead atoms. The number of hydrogen-bond donors (Lipinski definition) is 0. The molecule has 0 aromatic heterocycles. The highest BCUT2D eigenvalue weighted by molar-refractivity contribution is 6.68. The van der Waals surface area contributed by atoms with Crippen LogP contribution in [0.15, 0.2) is 12.1 Å². The van der Waals surface area contributed by atoms with Gasteiger partial charge in [-0.15, -0.1) is 0 Å². The largest absolute Gasteiger partial charge is 0.417 e. The third-order valence-corrected chi connectivity index (χ3v) is 2.28. The zero-order valence-corrected chi connectivity index (χ0v) is 8.78. The van der Waals surface area contributed by atoms with Crippen molar-refractivity contribution < 1.29 is 18.0 Å². The predicted molar refractivity (Wildman–Crippen MR) is 51.1 cm³/mol. The number of hydrogen-bond acceptors (Lipinski definition) is 2. The van der Waals surface area contributed by atoms with E-state index in [1.54, 1.807) is 6.07 Å². The van der Waals surface area contributed by atoms with Crippen molar-refractivity contribution in [1.29, 1.82) is 5.26 Å². The summed E-state index contributed by atoms with van der Waals surface area (Å²) >= 11 is 5.10. The van der Waals surface area contributed by atoms with E-state index >= 15 is 0 Å². The Kier molecular flexibility index (Phi) is 3.24. The lowest BCUT2D eigenvalue weighted by molar-refractivity contribution is -0.137. The van der Waals surface area contributed by atoms with Crippen molar-refractivity contribution in [1.82, 2.24) is 0 Å². The van der Waals surface area contributed by atoms with Gasteiger partial charge in [0, 0.05) is 0 Å². The maximum atomic E-state index is 12.5. The Morgan fingerprint density at radius 2 is 2.00 bits per heavy atom. The second kappa shape index (κ2) is 4.14. The molecule has 0 spiro atoms. The Balaban J connectivity index is 3.62. The van der Waals surface area contributed by atoms with Gasteiger partial charge >= 0.3 is 6.18 Å². The van der Waals surface area contributed by atoms with Crippen LogP contribution in [0.5, 0.6) is 0 Å². The van der Waals surface area contributed by atoms with Gasteiger partial charge in [-0.3, -0.25) is 4.79 Å². The van der Waals surface area contributed by atoms with E-state index in [2.05, 4.69) is 0 Å². The molecule has 0 aliphatic rings. The van der Waals surface area contributed by atoms with Gasteiger partial charge in [0.1, 0.15) is 0 Å². The minimum absolute atomic E-state index is 0.00278. The van der Waals surface area contributed by atoms with Crippen molar-refractivity contribution in [2.75, 3.05) is 0 Å². The number of halogens is 4. The van der Waals surface area contributed by atoms with E-state index in [1.807, 2.05) is 0 Å². The standard InChI is InChI=1S/C10H5ClF3NO/c1-5-6(4-15)2-3-7(10(12,13)14)8(5)9(11)16/h2-3H,1H3. The van der Waals surface area contributed by atoms with Crippen LogP contribution in [-0.4, -0.2) is 5.24 Å². The first-order valence-corrected chi connectivity index (χ1v) is 4.47. The molecule has 6 heteroatoms. The first-order valence-electron chi connectivity index (χ1n) is 4.09. The zero-order valence-electron chi connectivity index (χ0n) is 8.02. The van der Waals surface area contributed by atoms with Gasteiger partial charge in [0.25, 0.3) is 5.24 Å². The fourth-order valence-corrected chi connectivity index (χ4v) is 1.57. The summed E-state index contributed by atoms with van der Waals surface area (Å²) in [4.78, 5) is 11.0. The predicted octanol–water partition coefficient (Wildman–Crippen LogP) is 3.26. The summed E-state index contributed by atoms with van der Waals surface area (Å²) in [5, 5.41) is 7.41. The molecular weight excluding hydrogens is 243 g/mol. The minimum atomic E-state index is -4.67. The van der Waals surface area contributed by atoms with Gasteiger partial charge in [-0.05, 0) is 36.2 Å². The van der Waals surface area contributed by atoms with Crippen LogP contribution < -0.4 is 0 Å². The number of rotatable bonds is 1. The molecule has 1 aromatic rings. The van der Waals surface area contributed by atoms with Crippen molar-refractivity contribution in [2.45, 2.75) is 13.1 Å². The number of nitriles is 1. The molecule has 1 rings (SSSR count). The van der Waals surface area contributed by atoms with Gasteiger partial charge in [-0.25, -0.2) is 0 Å². The average molecular weight is 248 g/mol. The highest BCUT2D eigenvalue weighted by Crippen LogP contribution is 2.34. The Morgan fingerprint density at radius 3 is 2.38 bits per heavy atom. The number of carbonyl (C=O) groups is 1. The summed E-state index contributed by atoms with van der Waals surface area (Å²) in [5.41, 5.74) is -1.84. The summed E-state index contributed by atoms with van der Waals surface area (Å²) in [7, 11) is 0. The third-order valence-electron chi connectivity index (χ3n) is 2.09. The van der Waals surface area contributed by atoms with E-state index < -0.39 is 22.5 Å². The van der Waals surface area contributed by atoms with E-state index in [1.165, 1.54) is 6.92 Å². The molecule has 2 nitrogen and oxygen atoms in total. The molecule has 0 saturated carbocycles. The lowest BCUT2D eigenvalue weighted by atomic mass is 9.98. The van der Waals surface area contributed by atoms with Crippen LogP contribution in [0.3, 0.4) is 0 Å². The third kappa shape index (κ3) is 2.17. The first-order chi connectivity index (χ1) is 7.29. The minimum Gasteiger partial charge on any atom is -0.276 e. The van der Waals surface area contributed by atoms with Gasteiger partial charge in [0.2, 0.25) is 0 Å². The van der Waals surface area contributed by atoms with Gasteiger partial charge in [0.05, 0.1) is 22.8 Å². The summed E-state index contributed by atoms with van der Waals surface area (Å²) < 4.78 is 37.6. The SMILES string of the molecule is Cc1c(C#N)ccc(C(F)(F)F)c1C(=O)Cl. The number of benzene rings is 1. The normalized spacial score (nSPS) is 11.0. The van der Waals surface area contributed by atoms with Crippen molar-refractivity contribution in [2.24, 2.45) is 0 Å². The number of carbonyl (C=O) groups excluding carboxylic acids is 1. The molecule has 0 heterocycles. The highest BCUT2D eigenvalue weighted by Gasteiger charge is 2.36. The van der Waals surface area contributed by atoms with Crippen LogP contribution in [0.2, 0.25) is 0 Å². The van der Waals surface area contributed by atoms with Crippen LogP contribution in [0.25, 0.3) is 0 Å². The lowest BCUT2D eigenvalue weighted by Gasteiger charge is -2.13. The number of nitrogens with zero attached hydrogens (tertiary/aromatic N) is 1. The van der Waals surface area contributed by atoms with Gasteiger partial charge in [-0.2, -0.15) is 18.4 Å². The van der Waals surface area contributed by atoms with Crippen LogP contribution in [0, 0.1) is 18.3 Å². The van der Waals surface area contributed by atoms with Crippen LogP contribution in [0.1, 0.15) is 27.0 Å². The second-order valence-electron chi connectivity index (χ2n) is 3.04. The Labute approximate surface area is 94.2 Å². The fourth-order valence-electron chi connectivity index (χ4n) is 1.32. The Bertz CT molecular complexity index is 488. The van der Waals surface area contributed by atoms with E-state index in [0.29, 0.717) is 6.07 Å². The molecular formula is C10H5ClF3NO. The Hall–Kier alpha value is -1.54. The molecule has 0 amide bonds. The highest BCUT2D eigenvalue weighted by atomic mass is 35.5.